The number of nitrogens with one attached hydrogen (secondary N) is 1. The quantitative estimate of drug-likeness (QED) is 0.336. The minimum Gasteiger partial charge on any atom is -0.287 e. The summed E-state index contributed by atoms with van der Waals surface area (Å²) in [6, 6.07) is 25.4. The molecular formula is C24H19ClN2O. The van der Waals surface area contributed by atoms with Crippen molar-refractivity contribution in [3.63, 3.8) is 0 Å². The molecular weight excluding hydrogens is 368 g/mol. The molecule has 0 aliphatic heterocycles. The van der Waals surface area contributed by atoms with E-state index >= 15 is 0 Å². The van der Waals surface area contributed by atoms with Crippen molar-refractivity contribution in [1.82, 2.24) is 10.2 Å². The fourth-order valence-electron chi connectivity index (χ4n) is 3.20. The second-order valence-electron chi connectivity index (χ2n) is 6.71. The molecule has 0 amide bonds. The van der Waals surface area contributed by atoms with Crippen LogP contribution in [0.5, 0.6) is 0 Å². The van der Waals surface area contributed by atoms with Crippen molar-refractivity contribution in [1.29, 1.82) is 0 Å². The number of carbonyl (C=O) groups is 1. The molecule has 0 radical (unpaired) electrons. The van der Waals surface area contributed by atoms with Gasteiger partial charge in [-0.05, 0) is 18.1 Å². The summed E-state index contributed by atoms with van der Waals surface area (Å²) in [4.78, 5) is 13.2. The fraction of sp³-hybridized carbons (Fsp3) is 0.0833. The van der Waals surface area contributed by atoms with E-state index < -0.39 is 0 Å². The van der Waals surface area contributed by atoms with Gasteiger partial charge in [0.25, 0.3) is 0 Å². The van der Waals surface area contributed by atoms with Crippen LogP contribution < -0.4 is 0 Å². The Morgan fingerprint density at radius 1 is 0.893 bits per heavy atom. The maximum atomic E-state index is 13.2. The van der Waals surface area contributed by atoms with Gasteiger partial charge in [-0.2, -0.15) is 5.10 Å². The van der Waals surface area contributed by atoms with Crippen LogP contribution in [0, 0.1) is 6.92 Å². The average Bonchev–Trinajstić information content (AvgIpc) is 3.19. The topological polar surface area (TPSA) is 45.8 Å². The van der Waals surface area contributed by atoms with E-state index in [1.807, 2.05) is 73.7 Å². The molecule has 3 aromatic carbocycles. The molecule has 0 atom stereocenters. The number of hydrogen-bond donors (Lipinski definition) is 1. The Morgan fingerprint density at radius 2 is 1.57 bits per heavy atom. The summed E-state index contributed by atoms with van der Waals surface area (Å²) in [7, 11) is 0. The van der Waals surface area contributed by atoms with E-state index in [-0.39, 0.29) is 5.78 Å². The number of aryl methyl sites for hydroxylation is 1. The first-order valence-electron chi connectivity index (χ1n) is 9.08. The van der Waals surface area contributed by atoms with E-state index in [0.717, 1.165) is 27.9 Å². The molecule has 0 bridgehead atoms. The smallest absolute Gasteiger partial charge is 0.211 e. The standard InChI is InChI=1S/C24H19ClN2O/c1-16-7-11-19(12-8-16)22-21(18-5-3-2-4-6-18)23(27-26-22)24(28)20-13-9-17(15-25)10-14-20/h2-14H,15H2,1H3,(H,26,27). The molecule has 0 aliphatic carbocycles. The van der Waals surface area contributed by atoms with Crippen molar-refractivity contribution in [2.75, 3.05) is 0 Å². The molecule has 0 fully saturated rings. The molecule has 4 rings (SSSR count). The molecule has 0 unspecified atom stereocenters. The first kappa shape index (κ1) is 18.2. The van der Waals surface area contributed by atoms with Crippen molar-refractivity contribution in [2.24, 2.45) is 0 Å². The van der Waals surface area contributed by atoms with Crippen LogP contribution in [0.4, 0.5) is 0 Å². The Morgan fingerprint density at radius 3 is 2.21 bits per heavy atom. The molecule has 0 spiro atoms. The Bertz CT molecular complexity index is 1100. The number of rotatable bonds is 5. The normalized spacial score (nSPS) is 10.8. The first-order valence-corrected chi connectivity index (χ1v) is 9.61. The number of nitrogens with zero attached hydrogens (tertiary/aromatic N) is 1. The molecule has 1 aromatic heterocycles. The number of alkyl halides is 1. The van der Waals surface area contributed by atoms with Gasteiger partial charge in [0.1, 0.15) is 11.4 Å². The van der Waals surface area contributed by atoms with Crippen molar-refractivity contribution < 1.29 is 4.79 Å². The second kappa shape index (κ2) is 7.83. The molecule has 28 heavy (non-hydrogen) atoms. The third kappa shape index (κ3) is 3.49. The van der Waals surface area contributed by atoms with Crippen LogP contribution >= 0.6 is 11.6 Å². The van der Waals surface area contributed by atoms with Gasteiger partial charge < -0.3 is 0 Å². The van der Waals surface area contributed by atoms with E-state index in [1.54, 1.807) is 12.1 Å². The lowest BCUT2D eigenvalue weighted by molar-refractivity contribution is 0.103. The van der Waals surface area contributed by atoms with Crippen molar-refractivity contribution in [3.05, 3.63) is 101 Å². The number of hydrogen-bond acceptors (Lipinski definition) is 2. The number of aromatic amines is 1. The van der Waals surface area contributed by atoms with E-state index in [4.69, 9.17) is 11.6 Å². The number of ketones is 1. The predicted molar refractivity (Wildman–Crippen MR) is 114 cm³/mol. The molecule has 1 N–H and O–H groups in total. The highest BCUT2D eigenvalue weighted by molar-refractivity contribution is 6.17. The summed E-state index contributed by atoms with van der Waals surface area (Å²) in [6.45, 7) is 2.05. The van der Waals surface area contributed by atoms with E-state index in [1.165, 1.54) is 5.56 Å². The lowest BCUT2D eigenvalue weighted by Crippen LogP contribution is -2.04. The molecule has 4 heteroatoms. The van der Waals surface area contributed by atoms with Crippen LogP contribution in [0.1, 0.15) is 27.2 Å². The monoisotopic (exact) mass is 386 g/mol. The Kier molecular flexibility index (Phi) is 5.09. The zero-order chi connectivity index (χ0) is 19.5. The van der Waals surface area contributed by atoms with Gasteiger partial charge in [0.15, 0.2) is 0 Å². The number of halogens is 1. The van der Waals surface area contributed by atoms with E-state index in [0.29, 0.717) is 17.1 Å². The Labute approximate surface area is 169 Å². The average molecular weight is 387 g/mol. The van der Waals surface area contributed by atoms with E-state index in [2.05, 4.69) is 10.2 Å². The highest BCUT2D eigenvalue weighted by Gasteiger charge is 2.22. The minimum atomic E-state index is -0.0918. The van der Waals surface area contributed by atoms with Crippen molar-refractivity contribution in [3.8, 4) is 22.4 Å². The zero-order valence-electron chi connectivity index (χ0n) is 15.4. The highest BCUT2D eigenvalue weighted by atomic mass is 35.5. The predicted octanol–water partition coefficient (Wildman–Crippen LogP) is 6.02. The lowest BCUT2D eigenvalue weighted by atomic mass is 9.95. The van der Waals surface area contributed by atoms with Gasteiger partial charge in [-0.25, -0.2) is 0 Å². The van der Waals surface area contributed by atoms with Gasteiger partial charge in [0, 0.05) is 22.6 Å². The summed E-state index contributed by atoms with van der Waals surface area (Å²) in [5.74, 6) is 0.330. The van der Waals surface area contributed by atoms with Gasteiger partial charge in [-0.3, -0.25) is 9.89 Å². The number of aromatic nitrogens is 2. The maximum absolute atomic E-state index is 13.2. The number of benzene rings is 3. The second-order valence-corrected chi connectivity index (χ2v) is 6.98. The van der Waals surface area contributed by atoms with Gasteiger partial charge in [-0.15, -0.1) is 11.6 Å². The summed E-state index contributed by atoms with van der Waals surface area (Å²) in [6.07, 6.45) is 0. The van der Waals surface area contributed by atoms with Gasteiger partial charge >= 0.3 is 0 Å². The lowest BCUT2D eigenvalue weighted by Gasteiger charge is -2.07. The minimum absolute atomic E-state index is 0.0918. The molecule has 0 saturated carbocycles. The Balaban J connectivity index is 1.85. The molecule has 138 valence electrons. The third-order valence-electron chi connectivity index (χ3n) is 4.75. The third-order valence-corrected chi connectivity index (χ3v) is 5.06. The van der Waals surface area contributed by atoms with Crippen LogP contribution in [0.3, 0.4) is 0 Å². The fourth-order valence-corrected chi connectivity index (χ4v) is 3.38. The molecule has 3 nitrogen and oxygen atoms in total. The summed E-state index contributed by atoms with van der Waals surface area (Å²) >= 11 is 5.86. The zero-order valence-corrected chi connectivity index (χ0v) is 16.2. The Hall–Kier alpha value is -3.17. The first-order chi connectivity index (χ1) is 13.7. The van der Waals surface area contributed by atoms with Crippen LogP contribution in [0.25, 0.3) is 22.4 Å². The molecule has 0 aliphatic rings. The van der Waals surface area contributed by atoms with Crippen molar-refractivity contribution in [2.45, 2.75) is 12.8 Å². The van der Waals surface area contributed by atoms with E-state index in [9.17, 15) is 4.79 Å². The summed E-state index contributed by atoms with van der Waals surface area (Å²) in [5, 5.41) is 7.49. The SMILES string of the molecule is Cc1ccc(-c2n[nH]c(C(=O)c3ccc(CCl)cc3)c2-c2ccccc2)cc1. The number of H-pyrrole nitrogens is 1. The van der Waals surface area contributed by atoms with Crippen LogP contribution in [0.15, 0.2) is 78.9 Å². The van der Waals surface area contributed by atoms with Crippen LogP contribution in [0.2, 0.25) is 0 Å². The summed E-state index contributed by atoms with van der Waals surface area (Å²) < 4.78 is 0. The molecule has 4 aromatic rings. The number of carbonyl (C=O) groups excluding carboxylic acids is 1. The molecule has 0 saturated heterocycles. The van der Waals surface area contributed by atoms with Crippen molar-refractivity contribution >= 4 is 17.4 Å². The van der Waals surface area contributed by atoms with Gasteiger partial charge in [0.2, 0.25) is 5.78 Å². The molecule has 1 heterocycles. The van der Waals surface area contributed by atoms with Gasteiger partial charge in [0.05, 0.1) is 0 Å². The maximum Gasteiger partial charge on any atom is 0.211 e. The summed E-state index contributed by atoms with van der Waals surface area (Å²) in [5.41, 5.74) is 6.75. The van der Waals surface area contributed by atoms with Gasteiger partial charge in [-0.1, -0.05) is 84.4 Å². The van der Waals surface area contributed by atoms with Crippen LogP contribution in [-0.2, 0) is 5.88 Å². The highest BCUT2D eigenvalue weighted by Crippen LogP contribution is 2.34. The largest absolute Gasteiger partial charge is 0.287 e. The van der Waals surface area contributed by atoms with Crippen LogP contribution in [-0.4, -0.2) is 16.0 Å².